The van der Waals surface area contributed by atoms with Crippen LogP contribution in [0.2, 0.25) is 0 Å². The van der Waals surface area contributed by atoms with Gasteiger partial charge >= 0.3 is 0 Å². The smallest absolute Gasteiger partial charge is 0.00114 e. The van der Waals surface area contributed by atoms with Gasteiger partial charge < -0.3 is 5.32 Å². The second-order valence-electron chi connectivity index (χ2n) is 4.34. The van der Waals surface area contributed by atoms with Crippen molar-refractivity contribution in [2.75, 3.05) is 13.1 Å². The van der Waals surface area contributed by atoms with Crippen molar-refractivity contribution in [2.45, 2.75) is 12.3 Å². The van der Waals surface area contributed by atoms with Gasteiger partial charge in [-0.25, -0.2) is 0 Å². The summed E-state index contributed by atoms with van der Waals surface area (Å²) < 4.78 is 0. The van der Waals surface area contributed by atoms with Gasteiger partial charge in [0.15, 0.2) is 0 Å². The van der Waals surface area contributed by atoms with E-state index in [9.17, 15) is 0 Å². The molecule has 13 heavy (non-hydrogen) atoms. The zero-order valence-electron chi connectivity index (χ0n) is 7.74. The van der Waals surface area contributed by atoms with E-state index in [4.69, 9.17) is 0 Å². The third-order valence-electron chi connectivity index (χ3n) is 3.69. The van der Waals surface area contributed by atoms with Gasteiger partial charge in [-0.2, -0.15) is 0 Å². The Hall–Kier alpha value is -0.820. The molecule has 68 valence electrons. The molecular formula is C12H15N. The summed E-state index contributed by atoms with van der Waals surface area (Å²) in [5, 5.41) is 3.48. The lowest BCUT2D eigenvalue weighted by Crippen LogP contribution is -2.33. The lowest BCUT2D eigenvalue weighted by Gasteiger charge is -2.40. The Morgan fingerprint density at radius 3 is 2.69 bits per heavy atom. The fourth-order valence-corrected chi connectivity index (χ4v) is 2.87. The summed E-state index contributed by atoms with van der Waals surface area (Å²) in [5.41, 5.74) is 1.55. The largest absolute Gasteiger partial charge is 0.316 e. The molecule has 1 nitrogen and oxygen atoms in total. The first kappa shape index (κ1) is 7.57. The average Bonchev–Trinajstić information content (AvgIpc) is 2.50. The van der Waals surface area contributed by atoms with Gasteiger partial charge in [0.1, 0.15) is 0 Å². The van der Waals surface area contributed by atoms with Crippen molar-refractivity contribution in [1.82, 2.24) is 5.32 Å². The molecule has 3 atom stereocenters. The Labute approximate surface area is 79.2 Å². The van der Waals surface area contributed by atoms with Crippen LogP contribution < -0.4 is 5.32 Å². The fourth-order valence-electron chi connectivity index (χ4n) is 2.87. The molecule has 1 N–H and O–H groups in total. The minimum Gasteiger partial charge on any atom is -0.316 e. The fraction of sp³-hybridized carbons (Fsp3) is 0.500. The van der Waals surface area contributed by atoms with Crippen molar-refractivity contribution in [3.63, 3.8) is 0 Å². The third kappa shape index (κ3) is 1.11. The summed E-state index contributed by atoms with van der Waals surface area (Å²) in [6.07, 6.45) is 1.40. The summed E-state index contributed by atoms with van der Waals surface area (Å²) in [4.78, 5) is 0. The van der Waals surface area contributed by atoms with Crippen LogP contribution in [-0.4, -0.2) is 13.1 Å². The van der Waals surface area contributed by atoms with Crippen molar-refractivity contribution in [3.8, 4) is 0 Å². The Morgan fingerprint density at radius 1 is 1.08 bits per heavy atom. The predicted octanol–water partition coefficient (Wildman–Crippen LogP) is 2.01. The average molecular weight is 173 g/mol. The van der Waals surface area contributed by atoms with Crippen LogP contribution in [-0.2, 0) is 0 Å². The van der Waals surface area contributed by atoms with Crippen LogP contribution in [0.25, 0.3) is 0 Å². The van der Waals surface area contributed by atoms with Crippen LogP contribution in [0.5, 0.6) is 0 Å². The third-order valence-corrected chi connectivity index (χ3v) is 3.69. The Morgan fingerprint density at radius 2 is 1.92 bits per heavy atom. The minimum atomic E-state index is 0.848. The van der Waals surface area contributed by atoms with Crippen LogP contribution in [0.4, 0.5) is 0 Å². The number of benzene rings is 1. The van der Waals surface area contributed by atoms with Crippen LogP contribution >= 0.6 is 0 Å². The van der Waals surface area contributed by atoms with E-state index < -0.39 is 0 Å². The molecule has 0 aromatic heterocycles. The molecule has 0 amide bonds. The maximum atomic E-state index is 3.48. The van der Waals surface area contributed by atoms with E-state index in [0.717, 1.165) is 17.8 Å². The van der Waals surface area contributed by atoms with Crippen molar-refractivity contribution in [3.05, 3.63) is 35.9 Å². The van der Waals surface area contributed by atoms with E-state index >= 15 is 0 Å². The molecule has 1 saturated heterocycles. The van der Waals surface area contributed by atoms with Gasteiger partial charge in [0, 0.05) is 0 Å². The lowest BCUT2D eigenvalue weighted by molar-refractivity contribution is 0.191. The summed E-state index contributed by atoms with van der Waals surface area (Å²) in [5.74, 6) is 2.76. The van der Waals surface area contributed by atoms with E-state index in [-0.39, 0.29) is 0 Å². The molecule has 1 heterocycles. The topological polar surface area (TPSA) is 12.0 Å². The second-order valence-corrected chi connectivity index (χ2v) is 4.34. The lowest BCUT2D eigenvalue weighted by atomic mass is 9.64. The zero-order valence-corrected chi connectivity index (χ0v) is 7.74. The first-order valence-electron chi connectivity index (χ1n) is 5.21. The van der Waals surface area contributed by atoms with Gasteiger partial charge in [-0.05, 0) is 42.8 Å². The molecule has 2 aliphatic rings. The highest BCUT2D eigenvalue weighted by Gasteiger charge is 2.44. The van der Waals surface area contributed by atoms with E-state index in [1.54, 1.807) is 5.56 Å². The molecule has 1 aromatic rings. The first-order valence-corrected chi connectivity index (χ1v) is 5.21. The maximum absolute atomic E-state index is 3.48. The number of nitrogens with one attached hydrogen (secondary N) is 1. The zero-order chi connectivity index (χ0) is 8.67. The van der Waals surface area contributed by atoms with Gasteiger partial charge in [0.2, 0.25) is 0 Å². The minimum absolute atomic E-state index is 0.848. The summed E-state index contributed by atoms with van der Waals surface area (Å²) in [7, 11) is 0. The first-order chi connectivity index (χ1) is 6.45. The van der Waals surface area contributed by atoms with Gasteiger partial charge in [-0.1, -0.05) is 30.3 Å². The highest BCUT2D eigenvalue weighted by molar-refractivity contribution is 5.24. The Bertz CT molecular complexity index is 293. The van der Waals surface area contributed by atoms with E-state index in [2.05, 4.69) is 35.6 Å². The van der Waals surface area contributed by atoms with Crippen molar-refractivity contribution in [1.29, 1.82) is 0 Å². The molecule has 1 aliphatic heterocycles. The van der Waals surface area contributed by atoms with Crippen molar-refractivity contribution >= 4 is 0 Å². The molecule has 2 fully saturated rings. The Balaban J connectivity index is 1.81. The normalized spacial score (nSPS) is 36.8. The monoisotopic (exact) mass is 173 g/mol. The van der Waals surface area contributed by atoms with Crippen molar-refractivity contribution in [2.24, 2.45) is 11.8 Å². The summed E-state index contributed by atoms with van der Waals surface area (Å²) >= 11 is 0. The molecule has 1 aromatic carbocycles. The molecule has 0 unspecified atom stereocenters. The van der Waals surface area contributed by atoms with Gasteiger partial charge in [0.25, 0.3) is 0 Å². The molecular weight excluding hydrogens is 158 g/mol. The van der Waals surface area contributed by atoms with Gasteiger partial charge in [0.05, 0.1) is 0 Å². The SMILES string of the molecule is c1ccc([C@@H]2C[C@H]3CNC[C@H]32)cc1. The second kappa shape index (κ2) is 2.85. The van der Waals surface area contributed by atoms with E-state index in [1.807, 2.05) is 0 Å². The van der Waals surface area contributed by atoms with Crippen molar-refractivity contribution < 1.29 is 0 Å². The summed E-state index contributed by atoms with van der Waals surface area (Å²) in [6.45, 7) is 2.50. The predicted molar refractivity (Wildman–Crippen MR) is 53.6 cm³/mol. The van der Waals surface area contributed by atoms with E-state index in [1.165, 1.54) is 19.5 Å². The standard InChI is InChI=1S/C12H15N/c1-2-4-9(5-3-1)11-6-10-7-13-8-12(10)11/h1-5,10-13H,6-8H2/t10-,11-,12+/m0/s1. The van der Waals surface area contributed by atoms with Gasteiger partial charge in [-0.15, -0.1) is 0 Å². The van der Waals surface area contributed by atoms with Crippen LogP contribution in [0.15, 0.2) is 30.3 Å². The molecule has 0 radical (unpaired) electrons. The highest BCUT2D eigenvalue weighted by atomic mass is 14.9. The molecule has 1 heteroatoms. The van der Waals surface area contributed by atoms with Gasteiger partial charge in [-0.3, -0.25) is 0 Å². The highest BCUT2D eigenvalue weighted by Crippen LogP contribution is 2.48. The van der Waals surface area contributed by atoms with Crippen LogP contribution in [0, 0.1) is 11.8 Å². The molecule has 1 aliphatic carbocycles. The molecule has 1 saturated carbocycles. The quantitative estimate of drug-likeness (QED) is 0.685. The number of hydrogen-bond donors (Lipinski definition) is 1. The number of rotatable bonds is 1. The molecule has 0 spiro atoms. The molecule has 0 bridgehead atoms. The van der Waals surface area contributed by atoms with E-state index in [0.29, 0.717) is 0 Å². The van der Waals surface area contributed by atoms with Crippen LogP contribution in [0.1, 0.15) is 17.9 Å². The number of hydrogen-bond acceptors (Lipinski definition) is 1. The molecule has 3 rings (SSSR count). The number of fused-ring (bicyclic) bond motifs is 1. The van der Waals surface area contributed by atoms with Crippen LogP contribution in [0.3, 0.4) is 0 Å². The maximum Gasteiger partial charge on any atom is -0.00114 e. The summed E-state index contributed by atoms with van der Waals surface area (Å²) in [6, 6.07) is 11.0. The Kier molecular flexibility index (Phi) is 1.66.